The number of rotatable bonds is 8. The van der Waals surface area contributed by atoms with Crippen molar-refractivity contribution in [3.63, 3.8) is 0 Å². The molecule has 15 heteroatoms. The number of carbonyl (C=O) groups is 1. The van der Waals surface area contributed by atoms with Crippen molar-refractivity contribution >= 4 is 34.5 Å². The Kier molecular flexibility index (Phi) is 6.69. The van der Waals surface area contributed by atoms with E-state index >= 15 is 0 Å². The molecule has 0 aliphatic carbocycles. The van der Waals surface area contributed by atoms with E-state index in [2.05, 4.69) is 15.3 Å². The van der Waals surface area contributed by atoms with Gasteiger partial charge in [0.2, 0.25) is 12.7 Å². The van der Waals surface area contributed by atoms with Gasteiger partial charge in [-0.1, -0.05) is 6.92 Å². The van der Waals surface area contributed by atoms with Crippen LogP contribution in [0.5, 0.6) is 11.5 Å². The Morgan fingerprint density at radius 2 is 1.88 bits per heavy atom. The number of nitro groups is 2. The van der Waals surface area contributed by atoms with Gasteiger partial charge in [0.15, 0.2) is 17.3 Å². The minimum Gasteiger partial charge on any atom is -0.454 e. The Morgan fingerprint density at radius 3 is 2.60 bits per heavy atom. The van der Waals surface area contributed by atoms with Crippen LogP contribution < -0.4 is 19.7 Å². The molecule has 40 heavy (non-hydrogen) atoms. The van der Waals surface area contributed by atoms with Gasteiger partial charge in [-0.2, -0.15) is 4.98 Å². The van der Waals surface area contributed by atoms with Gasteiger partial charge in [-0.05, 0) is 25.1 Å². The van der Waals surface area contributed by atoms with Crippen LogP contribution in [0.3, 0.4) is 0 Å². The van der Waals surface area contributed by atoms with E-state index in [-0.39, 0.29) is 23.9 Å². The monoisotopic (exact) mass is 546 g/mol. The lowest BCUT2D eigenvalue weighted by atomic mass is 10.1. The topological polar surface area (TPSA) is 181 Å². The molecule has 0 radical (unpaired) electrons. The molecule has 0 spiro atoms. The van der Waals surface area contributed by atoms with E-state index in [1.165, 1.54) is 6.20 Å². The number of anilines is 3. The van der Waals surface area contributed by atoms with Gasteiger partial charge >= 0.3 is 0 Å². The molecule has 0 unspecified atom stereocenters. The summed E-state index contributed by atoms with van der Waals surface area (Å²) in [5.74, 6) is 1.53. The van der Waals surface area contributed by atoms with Crippen molar-refractivity contribution in [2.45, 2.75) is 20.3 Å². The second kappa shape index (κ2) is 10.3. The highest BCUT2D eigenvalue weighted by Gasteiger charge is 2.26. The molecule has 1 N–H and O–H groups in total. The Labute approximate surface area is 226 Å². The summed E-state index contributed by atoms with van der Waals surface area (Å²) in [6, 6.07) is 8.06. The van der Waals surface area contributed by atoms with Gasteiger partial charge in [-0.25, -0.2) is 9.97 Å². The summed E-state index contributed by atoms with van der Waals surface area (Å²) in [7, 11) is 1.72. The third-order valence-electron chi connectivity index (χ3n) is 6.13. The van der Waals surface area contributed by atoms with Gasteiger partial charge in [0.25, 0.3) is 17.3 Å². The maximum Gasteiger partial charge on any atom is 0.289 e. The van der Waals surface area contributed by atoms with E-state index in [1.807, 2.05) is 13.8 Å². The number of nitro benzene ring substituents is 2. The summed E-state index contributed by atoms with van der Waals surface area (Å²) in [4.78, 5) is 49.6. The number of aromatic nitrogens is 4. The average Bonchev–Trinajstić information content (AvgIpc) is 3.58. The Hall–Kier alpha value is -5.60. The smallest absolute Gasteiger partial charge is 0.289 e. The lowest BCUT2D eigenvalue weighted by Gasteiger charge is -2.22. The lowest BCUT2D eigenvalue weighted by molar-refractivity contribution is -0.394. The SMILES string of the molecule is CCc1nc(C)cn1-c1ncc(NC(=O)c2ccc([N+](=O)[O-])cc2[N+](=O)[O-])c(N(C)c2ccc3c(c2)OCO3)n1. The van der Waals surface area contributed by atoms with Crippen molar-refractivity contribution in [2.75, 3.05) is 24.1 Å². The van der Waals surface area contributed by atoms with Gasteiger partial charge in [-0.3, -0.25) is 29.6 Å². The standard InChI is InChI=1S/C25H22N8O7/c1-4-22-27-14(2)12-31(22)25-26-11-18(23(29-25)30(3)15-6-8-20-21(10-15)40-13-39-20)28-24(34)17-7-5-16(32(35)36)9-19(17)33(37)38/h5-12H,4,13H2,1-3H3,(H,28,34). The average molecular weight is 547 g/mol. The third kappa shape index (κ3) is 4.82. The number of aryl methyl sites for hydroxylation is 2. The number of carbonyl (C=O) groups excluding carboxylic acids is 1. The minimum absolute atomic E-state index is 0.0925. The Balaban J connectivity index is 1.58. The summed E-state index contributed by atoms with van der Waals surface area (Å²) in [5.41, 5.74) is -0.0403. The molecule has 0 saturated carbocycles. The zero-order chi connectivity index (χ0) is 28.6. The number of hydrogen-bond donors (Lipinski definition) is 1. The zero-order valence-electron chi connectivity index (χ0n) is 21.5. The van der Waals surface area contributed by atoms with E-state index < -0.39 is 27.1 Å². The number of nitrogens with zero attached hydrogens (tertiary/aromatic N) is 7. The van der Waals surface area contributed by atoms with Crippen molar-refractivity contribution in [3.8, 4) is 17.4 Å². The predicted octanol–water partition coefficient (Wildman–Crippen LogP) is 4.10. The largest absolute Gasteiger partial charge is 0.454 e. The third-order valence-corrected chi connectivity index (χ3v) is 6.13. The number of benzene rings is 2. The number of nitrogens with one attached hydrogen (secondary N) is 1. The van der Waals surface area contributed by atoms with E-state index in [0.29, 0.717) is 29.6 Å². The summed E-state index contributed by atoms with van der Waals surface area (Å²) >= 11 is 0. The van der Waals surface area contributed by atoms with E-state index in [1.54, 1.807) is 40.9 Å². The van der Waals surface area contributed by atoms with Crippen LogP contribution in [0.15, 0.2) is 48.8 Å². The number of non-ortho nitro benzene ring substituents is 1. The molecule has 0 fully saturated rings. The second-order valence-corrected chi connectivity index (χ2v) is 8.70. The van der Waals surface area contributed by atoms with Crippen LogP contribution in [0, 0.1) is 27.2 Å². The van der Waals surface area contributed by atoms with E-state index in [9.17, 15) is 25.0 Å². The second-order valence-electron chi connectivity index (χ2n) is 8.70. The van der Waals surface area contributed by atoms with Crippen molar-refractivity contribution in [1.82, 2.24) is 19.5 Å². The first-order valence-corrected chi connectivity index (χ1v) is 12.0. The number of amides is 1. The van der Waals surface area contributed by atoms with Gasteiger partial charge in [0, 0.05) is 37.5 Å². The maximum atomic E-state index is 13.2. The molecule has 0 saturated heterocycles. The van der Waals surface area contributed by atoms with Crippen molar-refractivity contribution in [1.29, 1.82) is 0 Å². The summed E-state index contributed by atoms with van der Waals surface area (Å²) in [5, 5.41) is 25.3. The molecule has 0 bridgehead atoms. The number of fused-ring (bicyclic) bond motifs is 1. The first-order valence-electron chi connectivity index (χ1n) is 12.0. The van der Waals surface area contributed by atoms with Crippen LogP contribution in [0.25, 0.3) is 5.95 Å². The molecule has 4 aromatic rings. The predicted molar refractivity (Wildman–Crippen MR) is 142 cm³/mol. The van der Waals surface area contributed by atoms with Crippen molar-refractivity contribution in [3.05, 3.63) is 86.1 Å². The molecular weight excluding hydrogens is 524 g/mol. The van der Waals surface area contributed by atoms with Crippen molar-refractivity contribution < 1.29 is 24.1 Å². The summed E-state index contributed by atoms with van der Waals surface area (Å²) in [6.07, 6.45) is 3.79. The molecule has 5 rings (SSSR count). The fourth-order valence-electron chi connectivity index (χ4n) is 4.18. The van der Waals surface area contributed by atoms with Crippen LogP contribution in [0.4, 0.5) is 28.6 Å². The van der Waals surface area contributed by atoms with Gasteiger partial charge in [0.1, 0.15) is 17.1 Å². The first kappa shape index (κ1) is 26.0. The summed E-state index contributed by atoms with van der Waals surface area (Å²) in [6.45, 7) is 3.89. The fraction of sp³-hybridized carbons (Fsp3) is 0.200. The molecule has 15 nitrogen and oxygen atoms in total. The normalized spacial score (nSPS) is 11.8. The molecular formula is C25H22N8O7. The molecule has 204 valence electrons. The van der Waals surface area contributed by atoms with Gasteiger partial charge < -0.3 is 19.7 Å². The maximum absolute atomic E-state index is 13.2. The molecule has 3 heterocycles. The lowest BCUT2D eigenvalue weighted by Crippen LogP contribution is -2.20. The molecule has 0 atom stereocenters. The Morgan fingerprint density at radius 1 is 1.10 bits per heavy atom. The fourth-order valence-corrected chi connectivity index (χ4v) is 4.18. The zero-order valence-corrected chi connectivity index (χ0v) is 21.5. The highest BCUT2D eigenvalue weighted by molar-refractivity contribution is 6.08. The number of ether oxygens (including phenoxy) is 2. The highest BCUT2D eigenvalue weighted by atomic mass is 16.7. The van der Waals surface area contributed by atoms with Gasteiger partial charge in [-0.15, -0.1) is 0 Å². The van der Waals surface area contributed by atoms with E-state index in [4.69, 9.17) is 14.5 Å². The Bertz CT molecular complexity index is 1670. The number of hydrogen-bond acceptors (Lipinski definition) is 11. The van der Waals surface area contributed by atoms with Crippen LogP contribution in [0.1, 0.15) is 28.8 Å². The van der Waals surface area contributed by atoms with Crippen LogP contribution in [-0.4, -0.2) is 49.1 Å². The molecule has 1 aliphatic heterocycles. The minimum atomic E-state index is -0.869. The molecule has 2 aromatic heterocycles. The number of imidazole rings is 1. The molecule has 1 amide bonds. The molecule has 2 aromatic carbocycles. The first-order chi connectivity index (χ1) is 19.2. The highest BCUT2D eigenvalue weighted by Crippen LogP contribution is 2.38. The molecule has 1 aliphatic rings. The van der Waals surface area contributed by atoms with Gasteiger partial charge in [0.05, 0.1) is 27.8 Å². The van der Waals surface area contributed by atoms with Crippen LogP contribution >= 0.6 is 0 Å². The van der Waals surface area contributed by atoms with E-state index in [0.717, 1.165) is 29.7 Å². The van der Waals surface area contributed by atoms with Crippen LogP contribution in [0.2, 0.25) is 0 Å². The van der Waals surface area contributed by atoms with Crippen molar-refractivity contribution in [2.24, 2.45) is 0 Å². The summed E-state index contributed by atoms with van der Waals surface area (Å²) < 4.78 is 12.6. The quantitative estimate of drug-likeness (QED) is 0.248. The van der Waals surface area contributed by atoms with Crippen LogP contribution in [-0.2, 0) is 6.42 Å².